The van der Waals surface area contributed by atoms with Gasteiger partial charge in [0.2, 0.25) is 0 Å². The first kappa shape index (κ1) is 31.0. The second-order valence-electron chi connectivity index (χ2n) is 13.1. The van der Waals surface area contributed by atoms with Crippen molar-refractivity contribution in [2.75, 3.05) is 0 Å². The zero-order chi connectivity index (χ0) is 35.1. The summed E-state index contributed by atoms with van der Waals surface area (Å²) in [6, 6.07) is 66.2. The van der Waals surface area contributed by atoms with Gasteiger partial charge in [-0.2, -0.15) is 0 Å². The molecule has 0 fully saturated rings. The smallest absolute Gasteiger partial charge is 0.165 e. The molecule has 10 rings (SSSR count). The Kier molecular flexibility index (Phi) is 7.67. The quantitative estimate of drug-likeness (QED) is 0.174. The standard InChI is InChI=1S/C49H31N3S/c1-3-14-32(15-4-1)36-18-7-10-22-43(36)48-50-47(51-49(52-48)44-24-13-23-42-41-21-11-12-25-45(41)53-46(42)44)35-28-26-34(27-29-35)38-31-30-37(33-16-5-2-6-17-33)39-19-8-9-20-40(38)39/h1-31H. The van der Waals surface area contributed by atoms with Crippen LogP contribution in [0.4, 0.5) is 0 Å². The Labute approximate surface area is 311 Å². The van der Waals surface area contributed by atoms with Gasteiger partial charge in [0.15, 0.2) is 17.5 Å². The third-order valence-corrected chi connectivity index (χ3v) is 11.2. The third-order valence-electron chi connectivity index (χ3n) is 10.00. The summed E-state index contributed by atoms with van der Waals surface area (Å²) in [4.78, 5) is 15.6. The van der Waals surface area contributed by atoms with E-state index in [1.807, 2.05) is 6.07 Å². The molecule has 53 heavy (non-hydrogen) atoms. The summed E-state index contributed by atoms with van der Waals surface area (Å²) in [7, 11) is 0. The highest BCUT2D eigenvalue weighted by atomic mass is 32.1. The maximum Gasteiger partial charge on any atom is 0.165 e. The van der Waals surface area contributed by atoms with Crippen molar-refractivity contribution in [3.8, 4) is 67.5 Å². The van der Waals surface area contributed by atoms with Gasteiger partial charge in [0.05, 0.1) is 0 Å². The summed E-state index contributed by atoms with van der Waals surface area (Å²) in [5, 5.41) is 4.92. The van der Waals surface area contributed by atoms with E-state index in [0.717, 1.165) is 33.4 Å². The van der Waals surface area contributed by atoms with Crippen molar-refractivity contribution >= 4 is 42.3 Å². The minimum Gasteiger partial charge on any atom is -0.208 e. The van der Waals surface area contributed by atoms with Gasteiger partial charge in [0.1, 0.15) is 0 Å². The average molecular weight is 694 g/mol. The van der Waals surface area contributed by atoms with Crippen LogP contribution >= 0.6 is 11.3 Å². The van der Waals surface area contributed by atoms with Crippen LogP contribution in [0.25, 0.3) is 98.5 Å². The van der Waals surface area contributed by atoms with Crippen LogP contribution in [0.3, 0.4) is 0 Å². The SMILES string of the molecule is c1ccc(-c2ccccc2-c2nc(-c3ccc(-c4ccc(-c5ccccc5)c5ccccc45)cc3)nc(-c3cccc4c3sc3ccccc34)n2)cc1. The van der Waals surface area contributed by atoms with Gasteiger partial charge in [0, 0.05) is 36.9 Å². The minimum atomic E-state index is 0.641. The van der Waals surface area contributed by atoms with Crippen molar-refractivity contribution in [1.82, 2.24) is 15.0 Å². The lowest BCUT2D eigenvalue weighted by Gasteiger charge is -2.14. The fraction of sp³-hybridized carbons (Fsp3) is 0. The average Bonchev–Trinajstić information content (AvgIpc) is 3.63. The maximum absolute atomic E-state index is 5.22. The molecule has 10 aromatic rings. The summed E-state index contributed by atoms with van der Waals surface area (Å²) in [5.74, 6) is 1.95. The molecule has 0 unspecified atom stereocenters. The van der Waals surface area contributed by atoms with E-state index in [1.165, 1.54) is 47.6 Å². The van der Waals surface area contributed by atoms with E-state index in [0.29, 0.717) is 17.5 Å². The Bertz CT molecular complexity index is 2930. The van der Waals surface area contributed by atoms with Crippen LogP contribution in [0.15, 0.2) is 188 Å². The van der Waals surface area contributed by atoms with Gasteiger partial charge in [-0.15, -0.1) is 11.3 Å². The fourth-order valence-corrected chi connectivity index (χ4v) is 8.65. The summed E-state index contributed by atoms with van der Waals surface area (Å²) in [5.41, 5.74) is 9.89. The number of fused-ring (bicyclic) bond motifs is 4. The summed E-state index contributed by atoms with van der Waals surface area (Å²) in [6.07, 6.45) is 0. The molecular weight excluding hydrogens is 663 g/mol. The summed E-state index contributed by atoms with van der Waals surface area (Å²) in [6.45, 7) is 0. The highest BCUT2D eigenvalue weighted by Gasteiger charge is 2.19. The number of thiophene rings is 1. The molecule has 0 radical (unpaired) electrons. The summed E-state index contributed by atoms with van der Waals surface area (Å²) < 4.78 is 2.42. The van der Waals surface area contributed by atoms with Crippen LogP contribution in [0.1, 0.15) is 0 Å². The molecule has 0 bridgehead atoms. The van der Waals surface area contributed by atoms with E-state index >= 15 is 0 Å². The van der Waals surface area contributed by atoms with Crippen LogP contribution in [-0.4, -0.2) is 15.0 Å². The minimum absolute atomic E-state index is 0.641. The van der Waals surface area contributed by atoms with E-state index in [2.05, 4.69) is 182 Å². The first-order valence-electron chi connectivity index (χ1n) is 17.8. The van der Waals surface area contributed by atoms with Crippen LogP contribution in [0.5, 0.6) is 0 Å². The first-order chi connectivity index (χ1) is 26.3. The summed E-state index contributed by atoms with van der Waals surface area (Å²) >= 11 is 1.79. The Morgan fingerprint density at radius 3 is 1.40 bits per heavy atom. The highest BCUT2D eigenvalue weighted by molar-refractivity contribution is 7.26. The Morgan fingerprint density at radius 2 is 0.717 bits per heavy atom. The topological polar surface area (TPSA) is 38.7 Å². The van der Waals surface area contributed by atoms with Crippen molar-refractivity contribution in [3.63, 3.8) is 0 Å². The van der Waals surface area contributed by atoms with E-state index in [4.69, 9.17) is 15.0 Å². The van der Waals surface area contributed by atoms with Crippen molar-refractivity contribution in [1.29, 1.82) is 0 Å². The third kappa shape index (κ3) is 5.57. The Balaban J connectivity index is 1.13. The van der Waals surface area contributed by atoms with Crippen molar-refractivity contribution in [2.45, 2.75) is 0 Å². The van der Waals surface area contributed by atoms with E-state index in [-0.39, 0.29) is 0 Å². The molecule has 0 aliphatic heterocycles. The van der Waals surface area contributed by atoms with E-state index in [1.54, 1.807) is 11.3 Å². The molecule has 248 valence electrons. The van der Waals surface area contributed by atoms with Gasteiger partial charge in [-0.1, -0.05) is 176 Å². The lowest BCUT2D eigenvalue weighted by Crippen LogP contribution is -2.01. The van der Waals surface area contributed by atoms with Gasteiger partial charge in [-0.05, 0) is 56.3 Å². The maximum atomic E-state index is 5.22. The molecule has 0 saturated heterocycles. The normalized spacial score (nSPS) is 11.4. The first-order valence-corrected chi connectivity index (χ1v) is 18.6. The van der Waals surface area contributed by atoms with Crippen LogP contribution in [0.2, 0.25) is 0 Å². The molecular formula is C49H31N3S. The molecule has 0 aliphatic carbocycles. The number of hydrogen-bond acceptors (Lipinski definition) is 4. The molecule has 0 atom stereocenters. The predicted molar refractivity (Wildman–Crippen MR) is 223 cm³/mol. The van der Waals surface area contributed by atoms with Crippen molar-refractivity contribution < 1.29 is 0 Å². The number of benzene rings is 8. The largest absolute Gasteiger partial charge is 0.208 e. The van der Waals surface area contributed by atoms with E-state index in [9.17, 15) is 0 Å². The van der Waals surface area contributed by atoms with Gasteiger partial charge >= 0.3 is 0 Å². The van der Waals surface area contributed by atoms with Gasteiger partial charge in [-0.3, -0.25) is 0 Å². The Morgan fingerprint density at radius 1 is 0.264 bits per heavy atom. The zero-order valence-corrected chi connectivity index (χ0v) is 29.5. The number of hydrogen-bond donors (Lipinski definition) is 0. The number of nitrogens with zero attached hydrogens (tertiary/aromatic N) is 3. The number of rotatable bonds is 6. The number of aromatic nitrogens is 3. The molecule has 4 heteroatoms. The van der Waals surface area contributed by atoms with Gasteiger partial charge < -0.3 is 0 Å². The lowest BCUT2D eigenvalue weighted by molar-refractivity contribution is 1.08. The predicted octanol–water partition coefficient (Wildman–Crippen LogP) is 13.4. The van der Waals surface area contributed by atoms with Gasteiger partial charge in [-0.25, -0.2) is 15.0 Å². The molecule has 0 saturated carbocycles. The molecule has 0 amide bonds. The molecule has 2 heterocycles. The lowest BCUT2D eigenvalue weighted by atomic mass is 9.92. The van der Waals surface area contributed by atoms with Crippen molar-refractivity contribution in [2.24, 2.45) is 0 Å². The van der Waals surface area contributed by atoms with Crippen LogP contribution in [0, 0.1) is 0 Å². The second kappa shape index (κ2) is 13.1. The van der Waals surface area contributed by atoms with Crippen LogP contribution < -0.4 is 0 Å². The zero-order valence-electron chi connectivity index (χ0n) is 28.6. The molecule has 0 spiro atoms. The highest BCUT2D eigenvalue weighted by Crippen LogP contribution is 2.41. The monoisotopic (exact) mass is 693 g/mol. The molecule has 3 nitrogen and oxygen atoms in total. The Hall–Kier alpha value is -6.75. The fourth-order valence-electron chi connectivity index (χ4n) is 7.44. The van der Waals surface area contributed by atoms with E-state index < -0.39 is 0 Å². The molecule has 0 aliphatic rings. The van der Waals surface area contributed by atoms with Gasteiger partial charge in [0.25, 0.3) is 0 Å². The second-order valence-corrected chi connectivity index (χ2v) is 14.2. The van der Waals surface area contributed by atoms with Crippen molar-refractivity contribution in [3.05, 3.63) is 188 Å². The molecule has 0 N–H and O–H groups in total. The van der Waals surface area contributed by atoms with Crippen LogP contribution in [-0.2, 0) is 0 Å². The molecule has 8 aromatic carbocycles. The molecule has 2 aromatic heterocycles.